The van der Waals surface area contributed by atoms with E-state index in [1.165, 1.54) is 11.3 Å². The fourth-order valence-corrected chi connectivity index (χ4v) is 6.41. The van der Waals surface area contributed by atoms with Gasteiger partial charge in [0.1, 0.15) is 5.54 Å². The molecule has 1 aliphatic carbocycles. The largest absolute Gasteiger partial charge is 0.345 e. The summed E-state index contributed by atoms with van der Waals surface area (Å²) < 4.78 is 0.995. The molecule has 3 aromatic rings. The topological polar surface area (TPSA) is 88.3 Å². The van der Waals surface area contributed by atoms with Gasteiger partial charge in [-0.15, -0.1) is 11.3 Å². The molecule has 33 heavy (non-hydrogen) atoms. The Morgan fingerprint density at radius 3 is 2.85 bits per heavy atom. The van der Waals surface area contributed by atoms with Gasteiger partial charge in [0.05, 0.1) is 11.7 Å². The second-order valence-electron chi connectivity index (χ2n) is 9.22. The van der Waals surface area contributed by atoms with Crippen LogP contribution in [0.15, 0.2) is 40.9 Å². The zero-order valence-electron chi connectivity index (χ0n) is 18.6. The van der Waals surface area contributed by atoms with Crippen molar-refractivity contribution < 1.29 is 9.59 Å². The number of ketones is 1. The van der Waals surface area contributed by atoms with Crippen molar-refractivity contribution in [2.45, 2.75) is 50.2 Å². The first kappa shape index (κ1) is 22.7. The summed E-state index contributed by atoms with van der Waals surface area (Å²) in [6.45, 7) is 1.77. The molecule has 5 rings (SSSR count). The molecule has 1 amide bonds. The van der Waals surface area contributed by atoms with Crippen LogP contribution in [-0.2, 0) is 13.0 Å². The Morgan fingerprint density at radius 1 is 1.21 bits per heavy atom. The molecular weight excluding hydrogens is 500 g/mol. The number of fused-ring (bicyclic) bond motifs is 2. The summed E-state index contributed by atoms with van der Waals surface area (Å²) in [4.78, 5) is 34.7. The molecule has 0 saturated heterocycles. The van der Waals surface area contributed by atoms with E-state index in [9.17, 15) is 9.59 Å². The molecule has 2 atom stereocenters. The van der Waals surface area contributed by atoms with Crippen molar-refractivity contribution in [3.8, 4) is 0 Å². The van der Waals surface area contributed by atoms with Crippen LogP contribution in [0.4, 0.5) is 0 Å². The average molecular weight is 527 g/mol. The minimum atomic E-state index is -1.13. The first-order chi connectivity index (χ1) is 15.8. The summed E-state index contributed by atoms with van der Waals surface area (Å²) in [7, 11) is 2.07. The highest BCUT2D eigenvalue weighted by Crippen LogP contribution is 2.32. The second-order valence-corrected chi connectivity index (χ2v) is 11.2. The van der Waals surface area contributed by atoms with Gasteiger partial charge in [0, 0.05) is 34.4 Å². The van der Waals surface area contributed by atoms with E-state index in [1.54, 1.807) is 0 Å². The molecular formula is C25H27BrN4O2S. The van der Waals surface area contributed by atoms with E-state index in [2.05, 4.69) is 38.2 Å². The predicted molar refractivity (Wildman–Crippen MR) is 135 cm³/mol. The summed E-state index contributed by atoms with van der Waals surface area (Å²) in [5.74, 6) is -0.340. The van der Waals surface area contributed by atoms with Crippen LogP contribution >= 0.6 is 27.3 Å². The Morgan fingerprint density at radius 2 is 2.00 bits per heavy atom. The molecule has 0 bridgehead atoms. The number of nitrogens with one attached hydrogen (secondary N) is 1. The molecule has 1 aromatic heterocycles. The first-order valence-corrected chi connectivity index (χ1v) is 13.0. The first-order valence-electron chi connectivity index (χ1n) is 11.3. The van der Waals surface area contributed by atoms with Crippen LogP contribution in [0.1, 0.15) is 56.4 Å². The number of hydrogen-bond acceptors (Lipinski definition) is 6. The number of aromatic nitrogens is 1. The minimum Gasteiger partial charge on any atom is -0.345 e. The van der Waals surface area contributed by atoms with Crippen molar-refractivity contribution in [3.63, 3.8) is 0 Å². The van der Waals surface area contributed by atoms with Crippen molar-refractivity contribution >= 4 is 49.7 Å². The van der Waals surface area contributed by atoms with Crippen LogP contribution in [0.2, 0.25) is 0 Å². The van der Waals surface area contributed by atoms with E-state index in [4.69, 9.17) is 5.73 Å². The third-order valence-electron chi connectivity index (χ3n) is 6.86. The van der Waals surface area contributed by atoms with Crippen molar-refractivity contribution in [2.24, 2.45) is 5.73 Å². The van der Waals surface area contributed by atoms with E-state index in [0.717, 1.165) is 58.2 Å². The molecule has 2 unspecified atom stereocenters. The van der Waals surface area contributed by atoms with Crippen molar-refractivity contribution in [1.29, 1.82) is 0 Å². The Labute approximate surface area is 205 Å². The summed E-state index contributed by atoms with van der Waals surface area (Å²) in [6.07, 6.45) is 3.89. The quantitative estimate of drug-likeness (QED) is 0.494. The van der Waals surface area contributed by atoms with E-state index >= 15 is 0 Å². The molecule has 3 N–H and O–H groups in total. The Hall–Kier alpha value is -2.13. The number of amides is 1. The van der Waals surface area contributed by atoms with Crippen molar-refractivity contribution in [2.75, 3.05) is 13.6 Å². The number of likely N-dealkylation sites (N-methyl/N-ethyl adjacent to an activating group) is 1. The normalized spacial score (nSPS) is 23.3. The number of halogens is 1. The van der Waals surface area contributed by atoms with Crippen LogP contribution in [0.5, 0.6) is 0 Å². The van der Waals surface area contributed by atoms with E-state index in [0.29, 0.717) is 23.4 Å². The standard InChI is InChI=1S/C25H27BrN4O2S/c1-30-11-9-19-20(14-30)33-24(28-19)23(32)29-21-4-2-3-10-25(21,27)22(31)17-6-5-16-13-18(26)8-7-15(16)12-17/h5-8,12-13,21H,2-4,9-11,14,27H2,1H3,(H,29,32). The highest BCUT2D eigenvalue weighted by Gasteiger charge is 2.45. The molecule has 1 saturated carbocycles. The van der Waals surface area contributed by atoms with E-state index in [1.807, 2.05) is 36.4 Å². The van der Waals surface area contributed by atoms with Crippen LogP contribution in [-0.4, -0.2) is 46.7 Å². The SMILES string of the molecule is CN1CCc2nc(C(=O)NC3CCCCC3(N)C(=O)c3ccc4cc(Br)ccc4c3)sc2C1. The molecule has 1 fully saturated rings. The number of hydrogen-bond donors (Lipinski definition) is 2. The molecule has 6 nitrogen and oxygen atoms in total. The lowest BCUT2D eigenvalue weighted by molar-refractivity contribution is 0.0758. The van der Waals surface area contributed by atoms with Gasteiger partial charge in [-0.25, -0.2) is 4.98 Å². The minimum absolute atomic E-state index is 0.114. The monoisotopic (exact) mass is 526 g/mol. The number of thiazole rings is 1. The maximum atomic E-state index is 13.7. The van der Waals surface area contributed by atoms with E-state index in [-0.39, 0.29) is 11.7 Å². The molecule has 8 heteroatoms. The summed E-state index contributed by atoms with van der Waals surface area (Å²) in [5, 5.41) is 5.59. The lowest BCUT2D eigenvalue weighted by Crippen LogP contribution is -2.64. The van der Waals surface area contributed by atoms with E-state index < -0.39 is 11.6 Å². The fourth-order valence-electron chi connectivity index (χ4n) is 4.94. The maximum absolute atomic E-state index is 13.7. The number of nitrogens with zero attached hydrogens (tertiary/aromatic N) is 2. The van der Waals surface area contributed by atoms with Crippen LogP contribution in [0.25, 0.3) is 10.8 Å². The third kappa shape index (κ3) is 4.37. The van der Waals surface area contributed by atoms with Crippen molar-refractivity contribution in [1.82, 2.24) is 15.2 Å². The number of Topliss-reactive ketones (excluding diaryl/α,β-unsaturated/α-hetero) is 1. The second kappa shape index (κ2) is 8.91. The van der Waals surface area contributed by atoms with Gasteiger partial charge in [0.15, 0.2) is 10.8 Å². The van der Waals surface area contributed by atoms with Gasteiger partial charge in [0.2, 0.25) is 0 Å². The van der Waals surface area contributed by atoms with Gasteiger partial charge in [-0.1, -0.05) is 47.0 Å². The fraction of sp³-hybridized carbons (Fsp3) is 0.400. The molecule has 172 valence electrons. The van der Waals surface area contributed by atoms with Crippen LogP contribution in [0.3, 0.4) is 0 Å². The highest BCUT2D eigenvalue weighted by atomic mass is 79.9. The summed E-state index contributed by atoms with van der Waals surface area (Å²) in [6, 6.07) is 11.2. The Balaban J connectivity index is 1.39. The zero-order valence-corrected chi connectivity index (χ0v) is 21.0. The molecule has 0 spiro atoms. The Kier molecular flexibility index (Phi) is 6.11. The number of benzene rings is 2. The van der Waals surface area contributed by atoms with Gasteiger partial charge in [-0.2, -0.15) is 0 Å². The van der Waals surface area contributed by atoms with Gasteiger partial charge >= 0.3 is 0 Å². The van der Waals surface area contributed by atoms with Gasteiger partial charge in [-0.05, 0) is 48.9 Å². The third-order valence-corrected chi connectivity index (χ3v) is 8.44. The summed E-state index contributed by atoms with van der Waals surface area (Å²) in [5.41, 5.74) is 7.27. The lowest BCUT2D eigenvalue weighted by Gasteiger charge is -2.40. The molecule has 2 aliphatic rings. The average Bonchev–Trinajstić information content (AvgIpc) is 3.23. The molecule has 1 aliphatic heterocycles. The van der Waals surface area contributed by atoms with Gasteiger partial charge in [-0.3, -0.25) is 9.59 Å². The van der Waals surface area contributed by atoms with Crippen LogP contribution < -0.4 is 11.1 Å². The van der Waals surface area contributed by atoms with Gasteiger partial charge < -0.3 is 16.0 Å². The summed E-state index contributed by atoms with van der Waals surface area (Å²) >= 11 is 4.94. The van der Waals surface area contributed by atoms with Crippen LogP contribution in [0, 0.1) is 0 Å². The smallest absolute Gasteiger partial charge is 0.280 e. The van der Waals surface area contributed by atoms with Gasteiger partial charge in [0.25, 0.3) is 5.91 Å². The maximum Gasteiger partial charge on any atom is 0.280 e. The molecule has 2 aromatic carbocycles. The molecule has 0 radical (unpaired) electrons. The number of nitrogens with two attached hydrogens (primary N) is 1. The number of rotatable bonds is 4. The Bertz CT molecular complexity index is 1240. The predicted octanol–water partition coefficient (Wildman–Crippen LogP) is 4.30. The lowest BCUT2D eigenvalue weighted by atomic mass is 9.73. The van der Waals surface area contributed by atoms with Crippen molar-refractivity contribution in [3.05, 3.63) is 62.0 Å². The number of carbonyl (C=O) groups excluding carboxylic acids is 2. The highest BCUT2D eigenvalue weighted by molar-refractivity contribution is 9.10. The number of carbonyl (C=O) groups is 2. The zero-order chi connectivity index (χ0) is 23.2. The molecule has 2 heterocycles.